The molecule has 1 amide bonds. The van der Waals surface area contributed by atoms with Crippen LogP contribution in [0.5, 0.6) is 11.5 Å². The molecule has 44 heavy (non-hydrogen) atoms. The Labute approximate surface area is 254 Å². The van der Waals surface area contributed by atoms with Crippen LogP contribution in [0.2, 0.25) is 0 Å². The number of hydrogen-bond donors (Lipinski definition) is 2. The van der Waals surface area contributed by atoms with Crippen LogP contribution in [0.1, 0.15) is 32.7 Å². The van der Waals surface area contributed by atoms with Crippen LogP contribution in [-0.2, 0) is 9.53 Å². The summed E-state index contributed by atoms with van der Waals surface area (Å²) in [5, 5.41) is 13.3. The van der Waals surface area contributed by atoms with Gasteiger partial charge in [0.05, 0.1) is 31.0 Å². The number of hydrogen-bond acceptors (Lipinski definition) is 9. The maximum atomic E-state index is 14.1. The van der Waals surface area contributed by atoms with E-state index in [1.54, 1.807) is 39.8 Å². The molecule has 1 atom stereocenters. The fourth-order valence-corrected chi connectivity index (χ4v) is 5.83. The number of carbonyl (C=O) groups excluding carboxylic acids is 1. The lowest BCUT2D eigenvalue weighted by Gasteiger charge is -2.35. The van der Waals surface area contributed by atoms with E-state index >= 15 is 0 Å². The summed E-state index contributed by atoms with van der Waals surface area (Å²) in [6, 6.07) is 18.4. The van der Waals surface area contributed by atoms with Crippen molar-refractivity contribution in [2.24, 2.45) is 0 Å². The smallest absolute Gasteiger partial charge is 0.335 e. The lowest BCUT2D eigenvalue weighted by molar-refractivity contribution is -0.128. The number of fused-ring (bicyclic) bond motifs is 1. The highest BCUT2D eigenvalue weighted by Crippen LogP contribution is 2.29. The summed E-state index contributed by atoms with van der Waals surface area (Å²) in [5.74, 6) is 1.12. The molecule has 2 fully saturated rings. The Kier molecular flexibility index (Phi) is 7.90. The number of aromatic nitrogens is 4. The van der Waals surface area contributed by atoms with E-state index in [9.17, 15) is 14.9 Å². The molecule has 3 N–H and O–H groups in total. The normalized spacial score (nSPS) is 17.7. The van der Waals surface area contributed by atoms with Gasteiger partial charge in [0.1, 0.15) is 35.0 Å². The summed E-state index contributed by atoms with van der Waals surface area (Å²) in [7, 11) is 0. The third kappa shape index (κ3) is 5.79. The Bertz CT molecular complexity index is 1800. The predicted molar refractivity (Wildman–Crippen MR) is 164 cm³/mol. The first-order chi connectivity index (χ1) is 21.2. The van der Waals surface area contributed by atoms with Crippen molar-refractivity contribution in [2.75, 3.05) is 32.0 Å². The van der Waals surface area contributed by atoms with Crippen LogP contribution in [0.25, 0.3) is 16.9 Å². The average molecular weight is 595 g/mol. The van der Waals surface area contributed by atoms with Crippen LogP contribution in [0, 0.1) is 11.3 Å². The lowest BCUT2D eigenvalue weighted by Crippen LogP contribution is -2.54. The first-order valence-electron chi connectivity index (χ1n) is 14.6. The summed E-state index contributed by atoms with van der Waals surface area (Å²) in [5.41, 5.74) is 6.80. The SMILES string of the molecule is CC(C)(C=C(C#N)C(=O)N1CCC[C@H](n2c(=O)n(-c3ccc(Oc4ccccc4)cc3)c3c(N)ncnc32)C1)NC1COC1. The molecule has 4 aromatic rings. The van der Waals surface area contributed by atoms with Crippen molar-refractivity contribution in [1.82, 2.24) is 29.3 Å². The molecule has 226 valence electrons. The fourth-order valence-electron chi connectivity index (χ4n) is 5.83. The van der Waals surface area contributed by atoms with Crippen molar-refractivity contribution in [3.63, 3.8) is 0 Å². The van der Waals surface area contributed by atoms with Gasteiger partial charge in [-0.3, -0.25) is 13.9 Å². The highest BCUT2D eigenvalue weighted by atomic mass is 16.5. The third-order valence-electron chi connectivity index (χ3n) is 7.87. The van der Waals surface area contributed by atoms with E-state index < -0.39 is 5.54 Å². The van der Waals surface area contributed by atoms with Crippen molar-refractivity contribution >= 4 is 22.9 Å². The summed E-state index contributed by atoms with van der Waals surface area (Å²) in [4.78, 5) is 37.9. The zero-order chi connectivity index (χ0) is 30.8. The van der Waals surface area contributed by atoms with E-state index in [1.165, 1.54) is 10.9 Å². The highest BCUT2D eigenvalue weighted by molar-refractivity contribution is 5.97. The zero-order valence-corrected chi connectivity index (χ0v) is 24.6. The van der Waals surface area contributed by atoms with E-state index in [-0.39, 0.29) is 41.6 Å². The molecule has 0 radical (unpaired) electrons. The molecule has 2 aliphatic rings. The van der Waals surface area contributed by atoms with E-state index in [2.05, 4.69) is 21.4 Å². The van der Waals surface area contributed by atoms with Crippen LogP contribution in [0.4, 0.5) is 5.82 Å². The number of piperidine rings is 1. The molecule has 12 heteroatoms. The van der Waals surface area contributed by atoms with Crippen molar-refractivity contribution in [3.8, 4) is 23.3 Å². The monoisotopic (exact) mass is 594 g/mol. The molecular weight excluding hydrogens is 560 g/mol. The number of nitrogens with zero attached hydrogens (tertiary/aromatic N) is 6. The summed E-state index contributed by atoms with van der Waals surface area (Å²) in [6.07, 6.45) is 4.31. The van der Waals surface area contributed by atoms with Gasteiger partial charge in [-0.15, -0.1) is 0 Å². The minimum Gasteiger partial charge on any atom is -0.457 e. The van der Waals surface area contributed by atoms with Gasteiger partial charge in [0.25, 0.3) is 5.91 Å². The molecule has 0 bridgehead atoms. The molecule has 2 saturated heterocycles. The molecular formula is C32H34N8O4. The molecule has 12 nitrogen and oxygen atoms in total. The summed E-state index contributed by atoms with van der Waals surface area (Å²) in [6.45, 7) is 5.77. The second-order valence-electron chi connectivity index (χ2n) is 11.6. The van der Waals surface area contributed by atoms with E-state index in [4.69, 9.17) is 15.2 Å². The number of nitrogens with two attached hydrogens (primary N) is 1. The Morgan fingerprint density at radius 2 is 1.86 bits per heavy atom. The van der Waals surface area contributed by atoms with Crippen LogP contribution < -0.4 is 21.5 Å². The first-order valence-corrected chi connectivity index (χ1v) is 14.6. The fraction of sp³-hybridized carbons (Fsp3) is 0.344. The number of carbonyl (C=O) groups is 1. The Morgan fingerprint density at radius 1 is 1.14 bits per heavy atom. The molecule has 6 rings (SSSR count). The van der Waals surface area contributed by atoms with Crippen molar-refractivity contribution in [3.05, 3.63) is 83.1 Å². The second-order valence-corrected chi connectivity index (χ2v) is 11.6. The van der Waals surface area contributed by atoms with Crippen LogP contribution in [0.15, 0.2) is 77.4 Å². The Morgan fingerprint density at radius 3 is 2.55 bits per heavy atom. The predicted octanol–water partition coefficient (Wildman–Crippen LogP) is 3.34. The number of nitrogens with one attached hydrogen (secondary N) is 1. The summed E-state index contributed by atoms with van der Waals surface area (Å²) >= 11 is 0. The third-order valence-corrected chi connectivity index (χ3v) is 7.87. The van der Waals surface area contributed by atoms with Gasteiger partial charge in [-0.2, -0.15) is 5.26 Å². The van der Waals surface area contributed by atoms with Gasteiger partial charge in [-0.25, -0.2) is 14.8 Å². The number of para-hydroxylation sites is 1. The minimum absolute atomic E-state index is 0.0579. The number of likely N-dealkylation sites (tertiary alicyclic amines) is 1. The highest BCUT2D eigenvalue weighted by Gasteiger charge is 2.32. The van der Waals surface area contributed by atoms with E-state index in [0.29, 0.717) is 61.0 Å². The quantitative estimate of drug-likeness (QED) is 0.231. The number of nitrogen functional groups attached to an aromatic ring is 1. The van der Waals surface area contributed by atoms with Gasteiger partial charge in [0.2, 0.25) is 0 Å². The van der Waals surface area contributed by atoms with E-state index in [1.807, 2.05) is 44.2 Å². The molecule has 0 spiro atoms. The lowest BCUT2D eigenvalue weighted by atomic mass is 9.98. The maximum Gasteiger partial charge on any atom is 0.335 e. The molecule has 0 saturated carbocycles. The number of nitriles is 1. The standard InChI is InChI=1S/C32H34N8O4/c1-32(2,37-22-18-43-19-22)15-21(16-33)30(41)38-14-6-7-24(17-38)40-29-27(28(34)35-20-36-29)39(31(40)42)23-10-12-26(13-11-23)44-25-8-4-3-5-9-25/h3-5,8-13,15,20,22,24,37H,6-7,14,17-19H2,1-2H3,(H2,34,35,36)/t24-/m0/s1. The summed E-state index contributed by atoms with van der Waals surface area (Å²) < 4.78 is 14.2. The molecule has 2 aromatic heterocycles. The number of rotatable bonds is 8. The molecule has 0 aliphatic carbocycles. The van der Waals surface area contributed by atoms with E-state index in [0.717, 1.165) is 0 Å². The largest absolute Gasteiger partial charge is 0.457 e. The van der Waals surface area contributed by atoms with Crippen molar-refractivity contribution in [1.29, 1.82) is 5.26 Å². The van der Waals surface area contributed by atoms with Gasteiger partial charge < -0.3 is 25.4 Å². The zero-order valence-electron chi connectivity index (χ0n) is 24.6. The first kappa shape index (κ1) is 29.1. The van der Waals surface area contributed by atoms with Crippen molar-refractivity contribution < 1.29 is 14.3 Å². The van der Waals surface area contributed by atoms with Gasteiger partial charge in [-0.1, -0.05) is 18.2 Å². The number of anilines is 1. The number of ether oxygens (including phenoxy) is 2. The second kappa shape index (κ2) is 11.9. The van der Waals surface area contributed by atoms with Gasteiger partial charge >= 0.3 is 5.69 Å². The molecule has 2 aromatic carbocycles. The number of benzene rings is 2. The minimum atomic E-state index is -0.579. The molecule has 0 unspecified atom stereocenters. The van der Waals surface area contributed by atoms with Crippen LogP contribution >= 0.6 is 0 Å². The molecule has 4 heterocycles. The Balaban J connectivity index is 1.29. The van der Waals surface area contributed by atoms with Crippen LogP contribution in [0.3, 0.4) is 0 Å². The van der Waals surface area contributed by atoms with Crippen LogP contribution in [-0.4, -0.2) is 67.8 Å². The van der Waals surface area contributed by atoms with Gasteiger partial charge in [-0.05, 0) is 69.2 Å². The number of imidazole rings is 1. The van der Waals surface area contributed by atoms with Crippen molar-refractivity contribution in [2.45, 2.75) is 44.3 Å². The topological polar surface area (TPSA) is 153 Å². The van der Waals surface area contributed by atoms with Gasteiger partial charge in [0, 0.05) is 18.6 Å². The molecule has 2 aliphatic heterocycles. The van der Waals surface area contributed by atoms with Gasteiger partial charge in [0.15, 0.2) is 11.5 Å². The Hall–Kier alpha value is -4.99. The number of amides is 1. The average Bonchev–Trinajstić information content (AvgIpc) is 3.31. The maximum absolute atomic E-state index is 14.1.